The van der Waals surface area contributed by atoms with Gasteiger partial charge in [-0.05, 0) is 24.7 Å². The van der Waals surface area contributed by atoms with Gasteiger partial charge in [-0.2, -0.15) is 0 Å². The molecule has 0 saturated carbocycles. The van der Waals surface area contributed by atoms with E-state index in [2.05, 4.69) is 47.9 Å². The molecule has 5 heteroatoms. The molecule has 118 valence electrons. The number of hydrogen-bond acceptors (Lipinski definition) is 5. The molecule has 5 nitrogen and oxygen atoms in total. The van der Waals surface area contributed by atoms with Crippen LogP contribution < -0.4 is 10.2 Å². The molecule has 2 heterocycles. The van der Waals surface area contributed by atoms with E-state index in [1.807, 2.05) is 0 Å². The van der Waals surface area contributed by atoms with Crippen molar-refractivity contribution in [3.8, 4) is 0 Å². The molecule has 1 aromatic heterocycles. The predicted molar refractivity (Wildman–Crippen MR) is 86.9 cm³/mol. The summed E-state index contributed by atoms with van der Waals surface area (Å²) >= 11 is 0. The molecule has 1 aliphatic rings. The second-order valence-corrected chi connectivity index (χ2v) is 6.32. The van der Waals surface area contributed by atoms with Crippen molar-refractivity contribution in [2.24, 2.45) is 5.92 Å². The Hall–Kier alpha value is -1.36. The Morgan fingerprint density at radius 2 is 2.19 bits per heavy atom. The summed E-state index contributed by atoms with van der Waals surface area (Å²) in [5.74, 6) is 2.62. The summed E-state index contributed by atoms with van der Waals surface area (Å²) in [7, 11) is 0. The van der Waals surface area contributed by atoms with Crippen molar-refractivity contribution < 1.29 is 5.11 Å². The lowest BCUT2D eigenvalue weighted by atomic mass is 9.95. The molecule has 2 N–H and O–H groups in total. The third-order valence-electron chi connectivity index (χ3n) is 4.20. The van der Waals surface area contributed by atoms with Crippen molar-refractivity contribution in [1.29, 1.82) is 0 Å². The van der Waals surface area contributed by atoms with Crippen molar-refractivity contribution in [3.05, 3.63) is 11.9 Å². The molecule has 2 unspecified atom stereocenters. The van der Waals surface area contributed by atoms with Crippen LogP contribution in [0.1, 0.15) is 52.0 Å². The van der Waals surface area contributed by atoms with Crippen LogP contribution in [0.15, 0.2) is 6.33 Å². The average Bonchev–Trinajstić information content (AvgIpc) is 2.47. The van der Waals surface area contributed by atoms with Gasteiger partial charge in [-0.1, -0.05) is 27.7 Å². The average molecular weight is 292 g/mol. The van der Waals surface area contributed by atoms with Gasteiger partial charge in [-0.25, -0.2) is 9.97 Å². The largest absolute Gasteiger partial charge is 0.391 e. The molecule has 2 rings (SSSR count). The number of aromatic nitrogens is 2. The van der Waals surface area contributed by atoms with Crippen molar-refractivity contribution >= 4 is 11.6 Å². The van der Waals surface area contributed by atoms with Gasteiger partial charge in [0, 0.05) is 25.2 Å². The van der Waals surface area contributed by atoms with E-state index in [0.29, 0.717) is 18.4 Å². The Morgan fingerprint density at radius 3 is 2.81 bits per heavy atom. The van der Waals surface area contributed by atoms with Gasteiger partial charge in [-0.3, -0.25) is 0 Å². The van der Waals surface area contributed by atoms with Gasteiger partial charge < -0.3 is 15.3 Å². The van der Waals surface area contributed by atoms with Gasteiger partial charge >= 0.3 is 0 Å². The standard InChI is InChI=1S/C16H28N4O/c1-5-7-17-15-14(11(2)3)16(19-10-18-15)20-8-6-12(4)13(21)9-20/h10-13,21H,5-9H2,1-4H3,(H,17,18,19). The van der Waals surface area contributed by atoms with Crippen LogP contribution in [0, 0.1) is 5.92 Å². The van der Waals surface area contributed by atoms with Crippen molar-refractivity contribution in [2.45, 2.75) is 52.6 Å². The number of hydrogen-bond donors (Lipinski definition) is 2. The van der Waals surface area contributed by atoms with E-state index in [9.17, 15) is 5.11 Å². The lowest BCUT2D eigenvalue weighted by Crippen LogP contribution is -2.43. The number of aliphatic hydroxyl groups is 1. The smallest absolute Gasteiger partial charge is 0.137 e. The second kappa shape index (κ2) is 7.07. The van der Waals surface area contributed by atoms with Crippen LogP contribution in [0.5, 0.6) is 0 Å². The fourth-order valence-corrected chi connectivity index (χ4v) is 2.80. The Bertz CT molecular complexity index is 464. The second-order valence-electron chi connectivity index (χ2n) is 6.32. The zero-order chi connectivity index (χ0) is 15.4. The number of anilines is 2. The van der Waals surface area contributed by atoms with Gasteiger partial charge in [0.1, 0.15) is 18.0 Å². The Morgan fingerprint density at radius 1 is 1.43 bits per heavy atom. The molecule has 0 amide bonds. The first kappa shape index (κ1) is 16.0. The number of β-amino-alcohol motifs (C(OH)–C–C–N with tert-alkyl or cyclic N) is 1. The van der Waals surface area contributed by atoms with Crippen LogP contribution in [0.3, 0.4) is 0 Å². The first-order valence-electron chi connectivity index (χ1n) is 8.06. The minimum atomic E-state index is -0.277. The maximum Gasteiger partial charge on any atom is 0.137 e. The summed E-state index contributed by atoms with van der Waals surface area (Å²) < 4.78 is 0. The third kappa shape index (κ3) is 3.64. The molecule has 0 aromatic carbocycles. The Kier molecular flexibility index (Phi) is 5.39. The molecule has 0 aliphatic carbocycles. The maximum atomic E-state index is 10.1. The minimum absolute atomic E-state index is 0.277. The zero-order valence-electron chi connectivity index (χ0n) is 13.6. The third-order valence-corrected chi connectivity index (χ3v) is 4.20. The topological polar surface area (TPSA) is 61.3 Å². The first-order valence-corrected chi connectivity index (χ1v) is 8.06. The molecular formula is C16H28N4O. The van der Waals surface area contributed by atoms with Crippen LogP contribution in [0.25, 0.3) is 0 Å². The Balaban J connectivity index is 2.29. The Labute approximate surface area is 127 Å². The highest BCUT2D eigenvalue weighted by Crippen LogP contribution is 2.33. The van der Waals surface area contributed by atoms with Crippen molar-refractivity contribution in [1.82, 2.24) is 9.97 Å². The molecule has 0 bridgehead atoms. The predicted octanol–water partition coefficient (Wildman–Crippen LogP) is 2.63. The van der Waals surface area contributed by atoms with Crippen molar-refractivity contribution in [2.75, 3.05) is 29.9 Å². The quantitative estimate of drug-likeness (QED) is 0.873. The van der Waals surface area contributed by atoms with E-state index in [1.165, 1.54) is 0 Å². The van der Waals surface area contributed by atoms with Gasteiger partial charge in [0.05, 0.1) is 6.10 Å². The van der Waals surface area contributed by atoms with Crippen LogP contribution in [-0.2, 0) is 0 Å². The molecule has 0 radical (unpaired) electrons. The molecule has 1 saturated heterocycles. The molecule has 1 aromatic rings. The molecule has 2 atom stereocenters. The number of aliphatic hydroxyl groups excluding tert-OH is 1. The SMILES string of the molecule is CCCNc1ncnc(N2CCC(C)C(O)C2)c1C(C)C. The lowest BCUT2D eigenvalue weighted by molar-refractivity contribution is 0.102. The van der Waals surface area contributed by atoms with Crippen LogP contribution in [-0.4, -0.2) is 40.8 Å². The van der Waals surface area contributed by atoms with Crippen LogP contribution in [0.4, 0.5) is 11.6 Å². The normalized spacial score (nSPS) is 22.7. The molecule has 0 spiro atoms. The summed E-state index contributed by atoms with van der Waals surface area (Å²) in [6, 6.07) is 0. The van der Waals surface area contributed by atoms with E-state index < -0.39 is 0 Å². The van der Waals surface area contributed by atoms with E-state index in [1.54, 1.807) is 6.33 Å². The monoisotopic (exact) mass is 292 g/mol. The number of rotatable bonds is 5. The zero-order valence-corrected chi connectivity index (χ0v) is 13.6. The summed E-state index contributed by atoms with van der Waals surface area (Å²) in [5.41, 5.74) is 1.16. The summed E-state index contributed by atoms with van der Waals surface area (Å²) in [4.78, 5) is 11.1. The number of nitrogens with zero attached hydrogens (tertiary/aromatic N) is 3. The van der Waals surface area contributed by atoms with Gasteiger partial charge in [0.2, 0.25) is 0 Å². The van der Waals surface area contributed by atoms with E-state index in [-0.39, 0.29) is 6.10 Å². The molecule has 21 heavy (non-hydrogen) atoms. The molecular weight excluding hydrogens is 264 g/mol. The van der Waals surface area contributed by atoms with E-state index in [4.69, 9.17) is 0 Å². The van der Waals surface area contributed by atoms with Gasteiger partial charge in [-0.15, -0.1) is 0 Å². The van der Waals surface area contributed by atoms with Gasteiger partial charge in [0.25, 0.3) is 0 Å². The fourth-order valence-electron chi connectivity index (χ4n) is 2.80. The highest BCUT2D eigenvalue weighted by molar-refractivity contribution is 5.60. The molecule has 1 aliphatic heterocycles. The summed E-state index contributed by atoms with van der Waals surface area (Å²) in [5, 5.41) is 13.6. The highest BCUT2D eigenvalue weighted by atomic mass is 16.3. The van der Waals surface area contributed by atoms with E-state index >= 15 is 0 Å². The minimum Gasteiger partial charge on any atom is -0.391 e. The highest BCUT2D eigenvalue weighted by Gasteiger charge is 2.28. The van der Waals surface area contributed by atoms with Crippen LogP contribution in [0.2, 0.25) is 0 Å². The van der Waals surface area contributed by atoms with Gasteiger partial charge in [0.15, 0.2) is 0 Å². The number of piperidine rings is 1. The fraction of sp³-hybridized carbons (Fsp3) is 0.750. The first-order chi connectivity index (χ1) is 10.0. The number of nitrogens with one attached hydrogen (secondary N) is 1. The lowest BCUT2D eigenvalue weighted by Gasteiger charge is -2.36. The maximum absolute atomic E-state index is 10.1. The van der Waals surface area contributed by atoms with Crippen molar-refractivity contribution in [3.63, 3.8) is 0 Å². The summed E-state index contributed by atoms with van der Waals surface area (Å²) in [6.45, 7) is 11.1. The van der Waals surface area contributed by atoms with E-state index in [0.717, 1.165) is 43.1 Å². The molecule has 1 fully saturated rings. The summed E-state index contributed by atoms with van der Waals surface area (Å²) in [6.07, 6.45) is 3.42. The van der Waals surface area contributed by atoms with Crippen LogP contribution >= 0.6 is 0 Å².